The molecule has 0 saturated heterocycles. The summed E-state index contributed by atoms with van der Waals surface area (Å²) >= 11 is 5.79. The smallest absolute Gasteiger partial charge is 0.242 e. The minimum absolute atomic E-state index is 0. The predicted molar refractivity (Wildman–Crippen MR) is 81.3 cm³/mol. The Morgan fingerprint density at radius 1 is 1.45 bits per heavy atom. The number of unbranched alkanes of at least 4 members (excludes halogenated alkanes) is 1. The Bertz CT molecular complexity index is 526. The van der Waals surface area contributed by atoms with Crippen LogP contribution in [0.2, 0.25) is 5.02 Å². The van der Waals surface area contributed by atoms with Crippen molar-refractivity contribution in [1.82, 2.24) is 4.72 Å². The molecule has 8 heteroatoms. The lowest BCUT2D eigenvalue weighted by Crippen LogP contribution is -2.40. The molecule has 0 radical (unpaired) electrons. The fourth-order valence-electron chi connectivity index (χ4n) is 1.64. The van der Waals surface area contributed by atoms with Crippen molar-refractivity contribution in [2.75, 3.05) is 6.54 Å². The van der Waals surface area contributed by atoms with Crippen LogP contribution < -0.4 is 10.5 Å². The zero-order valence-corrected chi connectivity index (χ0v) is 13.5. The number of rotatable bonds is 7. The van der Waals surface area contributed by atoms with E-state index < -0.39 is 15.8 Å². The molecule has 0 saturated carbocycles. The Balaban J connectivity index is 0.00000361. The molecule has 0 aliphatic rings. The summed E-state index contributed by atoms with van der Waals surface area (Å²) in [5, 5.41) is -0.0137. The zero-order valence-electron chi connectivity index (χ0n) is 11.1. The van der Waals surface area contributed by atoms with E-state index >= 15 is 0 Å². The summed E-state index contributed by atoms with van der Waals surface area (Å²) in [6.07, 6.45) is 2.44. The molecule has 0 aromatic heterocycles. The van der Waals surface area contributed by atoms with Crippen molar-refractivity contribution in [3.8, 4) is 0 Å². The van der Waals surface area contributed by atoms with E-state index in [1.54, 1.807) is 0 Å². The molecule has 4 nitrogen and oxygen atoms in total. The minimum Gasteiger partial charge on any atom is -0.329 e. The molecule has 0 fully saturated rings. The van der Waals surface area contributed by atoms with Crippen LogP contribution in [0.4, 0.5) is 4.39 Å². The SMILES string of the molecule is CCCCC(CN)NS(=O)(=O)c1cc(F)ccc1Cl.Cl. The van der Waals surface area contributed by atoms with Crippen LogP contribution >= 0.6 is 24.0 Å². The minimum atomic E-state index is -3.86. The molecular formula is C12H19Cl2FN2O2S. The molecule has 0 amide bonds. The topological polar surface area (TPSA) is 72.2 Å². The van der Waals surface area contributed by atoms with E-state index in [1.807, 2.05) is 6.92 Å². The van der Waals surface area contributed by atoms with Crippen molar-refractivity contribution >= 4 is 34.0 Å². The van der Waals surface area contributed by atoms with Gasteiger partial charge >= 0.3 is 0 Å². The standard InChI is InChI=1S/C12H18ClFN2O2S.ClH/c1-2-3-4-10(8-15)16-19(17,18)12-7-9(14)5-6-11(12)13;/h5-7,10,16H,2-4,8,15H2,1H3;1H. The van der Waals surface area contributed by atoms with E-state index in [-0.39, 0.29) is 34.9 Å². The van der Waals surface area contributed by atoms with Crippen molar-refractivity contribution in [2.24, 2.45) is 5.73 Å². The second kappa shape index (κ2) is 8.79. The number of halogens is 3. The lowest BCUT2D eigenvalue weighted by atomic mass is 10.1. The molecule has 0 heterocycles. The lowest BCUT2D eigenvalue weighted by Gasteiger charge is -2.17. The number of nitrogens with two attached hydrogens (primary N) is 1. The largest absolute Gasteiger partial charge is 0.329 e. The van der Waals surface area contributed by atoms with Crippen LogP contribution in [0.5, 0.6) is 0 Å². The lowest BCUT2D eigenvalue weighted by molar-refractivity contribution is 0.515. The van der Waals surface area contributed by atoms with Gasteiger partial charge in [0.1, 0.15) is 10.7 Å². The van der Waals surface area contributed by atoms with Gasteiger partial charge in [-0.1, -0.05) is 31.4 Å². The van der Waals surface area contributed by atoms with Gasteiger partial charge in [-0.3, -0.25) is 0 Å². The van der Waals surface area contributed by atoms with Gasteiger partial charge in [0.05, 0.1) is 5.02 Å². The van der Waals surface area contributed by atoms with Gasteiger partial charge in [0.25, 0.3) is 0 Å². The normalized spacial score (nSPS) is 12.8. The molecular weight excluding hydrogens is 326 g/mol. The molecule has 1 atom stereocenters. The van der Waals surface area contributed by atoms with Gasteiger partial charge in [-0.15, -0.1) is 12.4 Å². The van der Waals surface area contributed by atoms with Crippen LogP contribution in [0.25, 0.3) is 0 Å². The monoisotopic (exact) mass is 344 g/mol. The molecule has 20 heavy (non-hydrogen) atoms. The van der Waals surface area contributed by atoms with Crippen LogP contribution in [0.3, 0.4) is 0 Å². The first-order valence-electron chi connectivity index (χ1n) is 6.08. The molecule has 1 rings (SSSR count). The van der Waals surface area contributed by atoms with Crippen LogP contribution in [-0.2, 0) is 10.0 Å². The summed E-state index contributed by atoms with van der Waals surface area (Å²) in [4.78, 5) is -0.260. The van der Waals surface area contributed by atoms with Crippen molar-refractivity contribution < 1.29 is 12.8 Å². The van der Waals surface area contributed by atoms with Gasteiger partial charge in [0.2, 0.25) is 10.0 Å². The number of hydrogen-bond donors (Lipinski definition) is 2. The highest BCUT2D eigenvalue weighted by Crippen LogP contribution is 2.22. The van der Waals surface area contributed by atoms with Crippen LogP contribution in [0.15, 0.2) is 23.1 Å². The van der Waals surface area contributed by atoms with Crippen LogP contribution in [-0.4, -0.2) is 21.0 Å². The van der Waals surface area contributed by atoms with Gasteiger partial charge in [-0.2, -0.15) is 0 Å². The Labute approximate surface area is 130 Å². The molecule has 116 valence electrons. The third-order valence-electron chi connectivity index (χ3n) is 2.70. The maximum absolute atomic E-state index is 13.1. The molecule has 1 aromatic carbocycles. The predicted octanol–water partition coefficient (Wildman–Crippen LogP) is 2.70. The van der Waals surface area contributed by atoms with Crippen molar-refractivity contribution in [3.05, 3.63) is 29.0 Å². The van der Waals surface area contributed by atoms with Gasteiger partial charge in [-0.25, -0.2) is 17.5 Å². The first-order chi connectivity index (χ1) is 8.90. The van der Waals surface area contributed by atoms with Gasteiger partial charge in [0, 0.05) is 12.6 Å². The molecule has 0 spiro atoms. The maximum atomic E-state index is 13.1. The summed E-state index contributed by atoms with van der Waals surface area (Å²) < 4.78 is 39.8. The van der Waals surface area contributed by atoms with Crippen molar-refractivity contribution in [2.45, 2.75) is 37.1 Å². The third kappa shape index (κ3) is 5.54. The summed E-state index contributed by atoms with van der Waals surface area (Å²) in [5.41, 5.74) is 5.53. The molecule has 0 aliphatic heterocycles. The second-order valence-corrected chi connectivity index (χ2v) is 6.36. The van der Waals surface area contributed by atoms with E-state index in [0.717, 1.165) is 25.0 Å². The Morgan fingerprint density at radius 3 is 2.65 bits per heavy atom. The fourth-order valence-corrected chi connectivity index (χ4v) is 3.44. The molecule has 1 unspecified atom stereocenters. The first kappa shape index (κ1) is 19.6. The van der Waals surface area contributed by atoms with E-state index in [9.17, 15) is 12.8 Å². The quantitative estimate of drug-likeness (QED) is 0.798. The highest BCUT2D eigenvalue weighted by Gasteiger charge is 2.22. The number of benzene rings is 1. The average molecular weight is 345 g/mol. The van der Waals surface area contributed by atoms with Crippen LogP contribution in [0, 0.1) is 5.82 Å². The van der Waals surface area contributed by atoms with Gasteiger partial charge < -0.3 is 5.73 Å². The number of hydrogen-bond acceptors (Lipinski definition) is 3. The molecule has 0 aliphatic carbocycles. The average Bonchev–Trinajstić information content (AvgIpc) is 2.37. The summed E-state index contributed by atoms with van der Waals surface area (Å²) in [6, 6.07) is 2.86. The molecule has 1 aromatic rings. The molecule has 0 bridgehead atoms. The Hall–Kier alpha value is -0.400. The van der Waals surface area contributed by atoms with Crippen LogP contribution in [0.1, 0.15) is 26.2 Å². The van der Waals surface area contributed by atoms with Gasteiger partial charge in [-0.05, 0) is 24.6 Å². The Morgan fingerprint density at radius 2 is 2.10 bits per heavy atom. The van der Waals surface area contributed by atoms with E-state index in [1.165, 1.54) is 6.07 Å². The first-order valence-corrected chi connectivity index (χ1v) is 7.94. The summed E-state index contributed by atoms with van der Waals surface area (Å²) in [6.45, 7) is 2.19. The van der Waals surface area contributed by atoms with E-state index in [2.05, 4.69) is 4.72 Å². The Kier molecular flexibility index (Phi) is 8.62. The highest BCUT2D eigenvalue weighted by molar-refractivity contribution is 7.89. The van der Waals surface area contributed by atoms with E-state index in [0.29, 0.717) is 6.42 Å². The summed E-state index contributed by atoms with van der Waals surface area (Å²) in [7, 11) is -3.86. The number of nitrogens with one attached hydrogen (secondary N) is 1. The fraction of sp³-hybridized carbons (Fsp3) is 0.500. The van der Waals surface area contributed by atoms with Crippen molar-refractivity contribution in [3.63, 3.8) is 0 Å². The maximum Gasteiger partial charge on any atom is 0.242 e. The zero-order chi connectivity index (χ0) is 14.5. The highest BCUT2D eigenvalue weighted by atomic mass is 35.5. The molecule has 3 N–H and O–H groups in total. The van der Waals surface area contributed by atoms with Gasteiger partial charge in [0.15, 0.2) is 0 Å². The number of sulfonamides is 1. The van der Waals surface area contributed by atoms with Crippen molar-refractivity contribution in [1.29, 1.82) is 0 Å². The third-order valence-corrected chi connectivity index (χ3v) is 4.70. The second-order valence-electron chi connectivity index (χ2n) is 4.27. The van der Waals surface area contributed by atoms with E-state index in [4.69, 9.17) is 17.3 Å². The summed E-state index contributed by atoms with van der Waals surface area (Å²) in [5.74, 6) is -0.650.